The number of hydrogen-bond donors (Lipinski definition) is 0. The van der Waals surface area contributed by atoms with E-state index in [0.29, 0.717) is 6.61 Å². The van der Waals surface area contributed by atoms with Crippen molar-refractivity contribution < 1.29 is 17.9 Å². The average Bonchev–Trinajstić information content (AvgIpc) is 3.17. The first-order valence-electron chi connectivity index (χ1n) is 8.31. The third-order valence-electron chi connectivity index (χ3n) is 4.83. The Labute approximate surface area is 137 Å². The Balaban J connectivity index is 1.86. The predicted molar refractivity (Wildman–Crippen MR) is 86.3 cm³/mol. The number of hydrogen-bond acceptors (Lipinski definition) is 4. The number of carbonyl (C=O) groups is 1. The van der Waals surface area contributed by atoms with Gasteiger partial charge in [0, 0.05) is 6.04 Å². The predicted octanol–water partition coefficient (Wildman–Crippen LogP) is 2.57. The second-order valence-corrected chi connectivity index (χ2v) is 8.18. The number of nitrogens with zero attached hydrogens (tertiary/aromatic N) is 1. The lowest BCUT2D eigenvalue weighted by Crippen LogP contribution is -2.49. The molecule has 5 nitrogen and oxygen atoms in total. The van der Waals surface area contributed by atoms with Crippen LogP contribution in [-0.2, 0) is 19.6 Å². The first kappa shape index (κ1) is 16.5. The van der Waals surface area contributed by atoms with E-state index < -0.39 is 16.1 Å². The smallest absolute Gasteiger partial charge is 0.324 e. The van der Waals surface area contributed by atoms with E-state index in [4.69, 9.17) is 4.74 Å². The van der Waals surface area contributed by atoms with Gasteiger partial charge in [-0.25, -0.2) is 8.42 Å². The van der Waals surface area contributed by atoms with E-state index >= 15 is 0 Å². The Morgan fingerprint density at radius 2 is 2.00 bits per heavy atom. The van der Waals surface area contributed by atoms with Crippen molar-refractivity contribution in [3.63, 3.8) is 0 Å². The van der Waals surface area contributed by atoms with E-state index in [9.17, 15) is 13.2 Å². The standard InChI is InChI=1S/C17H23NO4S/c1-2-3-11-22-17(19)16-13-9-10-14(12-13)18(16)23(20,21)15-7-5-4-6-8-15/h4-8,13-14,16H,2-3,9-12H2,1H3/t13-,14-,16-/m0/s1. The summed E-state index contributed by atoms with van der Waals surface area (Å²) < 4.78 is 32.7. The van der Waals surface area contributed by atoms with Crippen molar-refractivity contribution >= 4 is 16.0 Å². The van der Waals surface area contributed by atoms with Crippen molar-refractivity contribution in [2.45, 2.75) is 56.0 Å². The van der Waals surface area contributed by atoms with Gasteiger partial charge in [-0.3, -0.25) is 4.79 Å². The third-order valence-corrected chi connectivity index (χ3v) is 6.78. The Hall–Kier alpha value is -1.40. The lowest BCUT2D eigenvalue weighted by molar-refractivity contribution is -0.149. The minimum atomic E-state index is -3.66. The van der Waals surface area contributed by atoms with E-state index in [1.807, 2.05) is 6.92 Å². The van der Waals surface area contributed by atoms with Crippen molar-refractivity contribution in [1.29, 1.82) is 0 Å². The van der Waals surface area contributed by atoms with Crippen molar-refractivity contribution in [2.75, 3.05) is 6.61 Å². The number of unbranched alkanes of at least 4 members (excludes halogenated alkanes) is 1. The van der Waals surface area contributed by atoms with Crippen LogP contribution in [0.3, 0.4) is 0 Å². The van der Waals surface area contributed by atoms with Crippen molar-refractivity contribution in [3.05, 3.63) is 30.3 Å². The lowest BCUT2D eigenvalue weighted by Gasteiger charge is -2.32. The normalized spacial score (nSPS) is 27.3. The third kappa shape index (κ3) is 3.02. The molecule has 126 valence electrons. The van der Waals surface area contributed by atoms with Gasteiger partial charge in [-0.1, -0.05) is 31.5 Å². The molecule has 1 saturated carbocycles. The second kappa shape index (κ2) is 6.61. The number of rotatable bonds is 6. The summed E-state index contributed by atoms with van der Waals surface area (Å²) in [5, 5.41) is 0. The van der Waals surface area contributed by atoms with Crippen LogP contribution in [0.1, 0.15) is 39.0 Å². The molecule has 1 aromatic carbocycles. The Morgan fingerprint density at radius 1 is 1.26 bits per heavy atom. The molecule has 6 heteroatoms. The molecule has 0 spiro atoms. The highest BCUT2D eigenvalue weighted by molar-refractivity contribution is 7.89. The first-order chi connectivity index (χ1) is 11.1. The molecule has 0 amide bonds. The maximum atomic E-state index is 13.0. The van der Waals surface area contributed by atoms with Crippen LogP contribution >= 0.6 is 0 Å². The summed E-state index contributed by atoms with van der Waals surface area (Å²) in [6, 6.07) is 7.63. The van der Waals surface area contributed by atoms with Crippen LogP contribution in [-0.4, -0.2) is 37.4 Å². The molecule has 1 aromatic rings. The first-order valence-corrected chi connectivity index (χ1v) is 9.75. The van der Waals surface area contributed by atoms with Gasteiger partial charge in [0.1, 0.15) is 6.04 Å². The maximum Gasteiger partial charge on any atom is 0.324 e. The summed E-state index contributed by atoms with van der Waals surface area (Å²) >= 11 is 0. The average molecular weight is 337 g/mol. The number of carbonyl (C=O) groups excluding carboxylic acids is 1. The number of piperidine rings is 1. The van der Waals surface area contributed by atoms with Crippen molar-refractivity contribution in [2.24, 2.45) is 5.92 Å². The molecular weight excluding hydrogens is 314 g/mol. The van der Waals surface area contributed by atoms with E-state index in [1.54, 1.807) is 30.3 Å². The Morgan fingerprint density at radius 3 is 2.70 bits per heavy atom. The van der Waals surface area contributed by atoms with Crippen LogP contribution in [0, 0.1) is 5.92 Å². The van der Waals surface area contributed by atoms with Crippen molar-refractivity contribution in [3.8, 4) is 0 Å². The van der Waals surface area contributed by atoms with E-state index in [0.717, 1.165) is 32.1 Å². The summed E-state index contributed by atoms with van der Waals surface area (Å²) in [7, 11) is -3.66. The molecule has 1 aliphatic heterocycles. The molecule has 2 aliphatic rings. The summed E-state index contributed by atoms with van der Waals surface area (Å²) in [5.41, 5.74) is 0. The second-order valence-electron chi connectivity index (χ2n) is 6.34. The van der Waals surface area contributed by atoms with Gasteiger partial charge in [-0.2, -0.15) is 4.31 Å². The molecular formula is C17H23NO4S. The van der Waals surface area contributed by atoms with Gasteiger partial charge < -0.3 is 4.74 Å². The van der Waals surface area contributed by atoms with E-state index in [-0.39, 0.29) is 22.8 Å². The van der Waals surface area contributed by atoms with Gasteiger partial charge in [0.15, 0.2) is 0 Å². The van der Waals surface area contributed by atoms with Crippen LogP contribution in [0.15, 0.2) is 35.2 Å². The SMILES string of the molecule is CCCCOC(=O)[C@@H]1[C@H]2CC[C@@H](C2)N1S(=O)(=O)c1ccccc1. The molecule has 3 rings (SSSR count). The molecule has 1 heterocycles. The van der Waals surface area contributed by atoms with Crippen LogP contribution < -0.4 is 0 Å². The van der Waals surface area contributed by atoms with Crippen LogP contribution in [0.4, 0.5) is 0 Å². The molecule has 1 aliphatic carbocycles. The highest BCUT2D eigenvalue weighted by Gasteiger charge is 2.55. The number of benzene rings is 1. The molecule has 2 bridgehead atoms. The zero-order valence-electron chi connectivity index (χ0n) is 13.3. The fourth-order valence-corrected chi connectivity index (χ4v) is 5.59. The van der Waals surface area contributed by atoms with Crippen molar-refractivity contribution in [1.82, 2.24) is 4.31 Å². The fraction of sp³-hybridized carbons (Fsp3) is 0.588. The summed E-state index contributed by atoms with van der Waals surface area (Å²) in [6.45, 7) is 2.39. The zero-order chi connectivity index (χ0) is 16.4. The number of sulfonamides is 1. The zero-order valence-corrected chi connectivity index (χ0v) is 14.2. The van der Waals surface area contributed by atoms with E-state index in [2.05, 4.69) is 0 Å². The molecule has 2 fully saturated rings. The molecule has 1 saturated heterocycles. The molecule has 0 aromatic heterocycles. The minimum Gasteiger partial charge on any atom is -0.464 e. The van der Waals surface area contributed by atoms with Gasteiger partial charge in [-0.15, -0.1) is 0 Å². The van der Waals surface area contributed by atoms with Gasteiger partial charge in [-0.05, 0) is 43.7 Å². The Bertz CT molecular complexity index is 658. The maximum absolute atomic E-state index is 13.0. The number of esters is 1. The molecule has 0 N–H and O–H groups in total. The highest BCUT2D eigenvalue weighted by Crippen LogP contribution is 2.45. The molecule has 0 radical (unpaired) electrons. The van der Waals surface area contributed by atoms with Crippen LogP contribution in [0.5, 0.6) is 0 Å². The number of fused-ring (bicyclic) bond motifs is 2. The van der Waals surface area contributed by atoms with Gasteiger partial charge >= 0.3 is 5.97 Å². The summed E-state index contributed by atoms with van der Waals surface area (Å²) in [5.74, 6) is -0.294. The van der Waals surface area contributed by atoms with Crippen LogP contribution in [0.25, 0.3) is 0 Å². The quantitative estimate of drug-likeness (QED) is 0.591. The number of ether oxygens (including phenoxy) is 1. The van der Waals surface area contributed by atoms with E-state index in [1.165, 1.54) is 4.31 Å². The molecule has 23 heavy (non-hydrogen) atoms. The monoisotopic (exact) mass is 337 g/mol. The minimum absolute atomic E-state index is 0.0751. The van der Waals surface area contributed by atoms with Gasteiger partial charge in [0.25, 0.3) is 0 Å². The van der Waals surface area contributed by atoms with Crippen LogP contribution in [0.2, 0.25) is 0 Å². The van der Waals surface area contributed by atoms with Gasteiger partial charge in [0.2, 0.25) is 10.0 Å². The largest absolute Gasteiger partial charge is 0.464 e. The molecule has 0 unspecified atom stereocenters. The lowest BCUT2D eigenvalue weighted by atomic mass is 10.0. The summed E-state index contributed by atoms with van der Waals surface area (Å²) in [4.78, 5) is 12.7. The van der Waals surface area contributed by atoms with Gasteiger partial charge in [0.05, 0.1) is 11.5 Å². The molecule has 3 atom stereocenters. The fourth-order valence-electron chi connectivity index (χ4n) is 3.70. The summed E-state index contributed by atoms with van der Waals surface area (Å²) in [6.07, 6.45) is 4.24. The topological polar surface area (TPSA) is 63.7 Å². The Kier molecular flexibility index (Phi) is 4.73. The highest BCUT2D eigenvalue weighted by atomic mass is 32.2.